The van der Waals surface area contributed by atoms with Crippen molar-refractivity contribution in [1.82, 2.24) is 15.3 Å². The molecule has 1 amide bonds. The maximum atomic E-state index is 12.0. The molecule has 2 rings (SSSR count). The Bertz CT molecular complexity index is 435. The normalized spacial score (nSPS) is 20.9. The van der Waals surface area contributed by atoms with E-state index >= 15 is 0 Å². The van der Waals surface area contributed by atoms with Crippen molar-refractivity contribution < 1.29 is 4.79 Å². The van der Waals surface area contributed by atoms with Gasteiger partial charge in [0.2, 0.25) is 0 Å². The van der Waals surface area contributed by atoms with E-state index in [-0.39, 0.29) is 5.91 Å². The van der Waals surface area contributed by atoms with Crippen LogP contribution in [0.25, 0.3) is 0 Å². The molecule has 19 heavy (non-hydrogen) atoms. The number of carbonyl (C=O) groups excluding carboxylic acids is 1. The van der Waals surface area contributed by atoms with Crippen LogP contribution in [0.3, 0.4) is 0 Å². The average Bonchev–Trinajstić information content (AvgIpc) is 3.15. The lowest BCUT2D eigenvalue weighted by atomic mass is 10.2. The molecule has 0 saturated heterocycles. The number of hydrogen-bond donors (Lipinski definition) is 2. The zero-order valence-electron chi connectivity index (χ0n) is 11.6. The number of amides is 1. The second kappa shape index (κ2) is 6.50. The third-order valence-electron chi connectivity index (χ3n) is 3.32. The van der Waals surface area contributed by atoms with Crippen molar-refractivity contribution in [2.24, 2.45) is 5.92 Å². The average molecular weight is 262 g/mol. The molecule has 1 aromatic rings. The van der Waals surface area contributed by atoms with Crippen molar-refractivity contribution in [1.29, 1.82) is 0 Å². The lowest BCUT2D eigenvalue weighted by Crippen LogP contribution is -2.28. The third-order valence-corrected chi connectivity index (χ3v) is 3.32. The van der Waals surface area contributed by atoms with Gasteiger partial charge in [-0.25, -0.2) is 4.98 Å². The SMILES string of the molecule is CCCNc1cncc(C(=O)NC2CC2CCC)n1. The predicted molar refractivity (Wildman–Crippen MR) is 75.1 cm³/mol. The van der Waals surface area contributed by atoms with Crippen LogP contribution in [0, 0.1) is 5.92 Å². The first-order valence-electron chi connectivity index (χ1n) is 7.11. The highest BCUT2D eigenvalue weighted by Crippen LogP contribution is 2.34. The fraction of sp³-hybridized carbons (Fsp3) is 0.643. The van der Waals surface area contributed by atoms with Crippen molar-refractivity contribution in [3.05, 3.63) is 18.1 Å². The molecule has 0 spiro atoms. The van der Waals surface area contributed by atoms with Crippen molar-refractivity contribution in [3.8, 4) is 0 Å². The molecule has 0 aromatic carbocycles. The summed E-state index contributed by atoms with van der Waals surface area (Å²) >= 11 is 0. The van der Waals surface area contributed by atoms with E-state index in [9.17, 15) is 4.79 Å². The van der Waals surface area contributed by atoms with Gasteiger partial charge in [-0.15, -0.1) is 0 Å². The summed E-state index contributed by atoms with van der Waals surface area (Å²) in [6.07, 6.45) is 7.63. The molecule has 104 valence electrons. The van der Waals surface area contributed by atoms with E-state index in [1.165, 1.54) is 19.0 Å². The zero-order valence-corrected chi connectivity index (χ0v) is 11.6. The molecule has 0 bridgehead atoms. The summed E-state index contributed by atoms with van der Waals surface area (Å²) in [5.74, 6) is 1.20. The minimum absolute atomic E-state index is 0.115. The molecular formula is C14H22N4O. The molecular weight excluding hydrogens is 240 g/mol. The summed E-state index contributed by atoms with van der Waals surface area (Å²) in [7, 11) is 0. The molecule has 2 atom stereocenters. The van der Waals surface area contributed by atoms with E-state index in [0.29, 0.717) is 23.5 Å². The summed E-state index contributed by atoms with van der Waals surface area (Å²) in [5.41, 5.74) is 0.392. The summed E-state index contributed by atoms with van der Waals surface area (Å²) in [5, 5.41) is 6.15. The van der Waals surface area contributed by atoms with Gasteiger partial charge in [-0.05, 0) is 25.2 Å². The van der Waals surface area contributed by atoms with Gasteiger partial charge in [0.1, 0.15) is 11.5 Å². The Morgan fingerprint density at radius 3 is 2.95 bits per heavy atom. The minimum Gasteiger partial charge on any atom is -0.369 e. The predicted octanol–water partition coefficient (Wildman–Crippen LogP) is 2.22. The smallest absolute Gasteiger partial charge is 0.271 e. The van der Waals surface area contributed by atoms with E-state index in [4.69, 9.17) is 0 Å². The van der Waals surface area contributed by atoms with Crippen LogP contribution >= 0.6 is 0 Å². The summed E-state index contributed by atoms with van der Waals surface area (Å²) in [6.45, 7) is 5.09. The fourth-order valence-electron chi connectivity index (χ4n) is 2.17. The number of rotatable bonds is 7. The Morgan fingerprint density at radius 2 is 2.21 bits per heavy atom. The zero-order chi connectivity index (χ0) is 13.7. The van der Waals surface area contributed by atoms with Crippen LogP contribution in [0.2, 0.25) is 0 Å². The van der Waals surface area contributed by atoms with Crippen molar-refractivity contribution in [2.45, 2.75) is 45.6 Å². The van der Waals surface area contributed by atoms with Gasteiger partial charge in [0, 0.05) is 12.6 Å². The van der Waals surface area contributed by atoms with Crippen LogP contribution in [-0.2, 0) is 0 Å². The number of aromatic nitrogens is 2. The number of anilines is 1. The van der Waals surface area contributed by atoms with Crippen LogP contribution < -0.4 is 10.6 Å². The molecule has 5 heteroatoms. The van der Waals surface area contributed by atoms with Gasteiger partial charge < -0.3 is 10.6 Å². The molecule has 1 aliphatic carbocycles. The van der Waals surface area contributed by atoms with Gasteiger partial charge in [-0.3, -0.25) is 9.78 Å². The topological polar surface area (TPSA) is 66.9 Å². The van der Waals surface area contributed by atoms with Crippen LogP contribution in [0.15, 0.2) is 12.4 Å². The van der Waals surface area contributed by atoms with Crippen molar-refractivity contribution in [3.63, 3.8) is 0 Å². The van der Waals surface area contributed by atoms with Gasteiger partial charge in [0.15, 0.2) is 0 Å². The molecule has 1 heterocycles. The maximum absolute atomic E-state index is 12.0. The van der Waals surface area contributed by atoms with Crippen molar-refractivity contribution in [2.75, 3.05) is 11.9 Å². The van der Waals surface area contributed by atoms with Crippen molar-refractivity contribution >= 4 is 11.7 Å². The van der Waals surface area contributed by atoms with Gasteiger partial charge in [-0.1, -0.05) is 20.3 Å². The second-order valence-electron chi connectivity index (χ2n) is 5.08. The first-order chi connectivity index (χ1) is 9.24. The molecule has 1 fully saturated rings. The highest BCUT2D eigenvalue weighted by Gasteiger charge is 2.37. The maximum Gasteiger partial charge on any atom is 0.271 e. The van der Waals surface area contributed by atoms with E-state index in [2.05, 4.69) is 34.4 Å². The van der Waals surface area contributed by atoms with Gasteiger partial charge in [0.25, 0.3) is 5.91 Å². The Balaban J connectivity index is 1.88. The molecule has 1 saturated carbocycles. The van der Waals surface area contributed by atoms with E-state index in [0.717, 1.165) is 19.4 Å². The van der Waals surface area contributed by atoms with E-state index in [1.54, 1.807) is 6.20 Å². The highest BCUT2D eigenvalue weighted by molar-refractivity contribution is 5.92. The first-order valence-corrected chi connectivity index (χ1v) is 7.11. The summed E-state index contributed by atoms with van der Waals surface area (Å²) < 4.78 is 0. The summed E-state index contributed by atoms with van der Waals surface area (Å²) in [6, 6.07) is 0.335. The third kappa shape index (κ3) is 3.91. The summed E-state index contributed by atoms with van der Waals surface area (Å²) in [4.78, 5) is 20.4. The van der Waals surface area contributed by atoms with E-state index < -0.39 is 0 Å². The highest BCUT2D eigenvalue weighted by atomic mass is 16.2. The minimum atomic E-state index is -0.115. The standard InChI is InChI=1S/C14H22N4O/c1-3-5-10-7-11(10)18-14(19)12-8-15-9-13(17-12)16-6-4-2/h8-11H,3-7H2,1-2H3,(H,16,17)(H,18,19). The number of carbonyl (C=O) groups is 1. The fourth-order valence-corrected chi connectivity index (χ4v) is 2.17. The Kier molecular flexibility index (Phi) is 4.71. The van der Waals surface area contributed by atoms with Gasteiger partial charge >= 0.3 is 0 Å². The Hall–Kier alpha value is -1.65. The van der Waals surface area contributed by atoms with Gasteiger partial charge in [-0.2, -0.15) is 0 Å². The largest absolute Gasteiger partial charge is 0.369 e. The monoisotopic (exact) mass is 262 g/mol. The second-order valence-corrected chi connectivity index (χ2v) is 5.08. The lowest BCUT2D eigenvalue weighted by molar-refractivity contribution is 0.0943. The molecule has 2 unspecified atom stereocenters. The molecule has 5 nitrogen and oxygen atoms in total. The first kappa shape index (κ1) is 13.8. The Morgan fingerprint density at radius 1 is 1.37 bits per heavy atom. The van der Waals surface area contributed by atoms with Crippen LogP contribution in [-0.4, -0.2) is 28.5 Å². The lowest BCUT2D eigenvalue weighted by Gasteiger charge is -2.06. The molecule has 0 aliphatic heterocycles. The quantitative estimate of drug-likeness (QED) is 0.790. The molecule has 0 radical (unpaired) electrons. The van der Waals surface area contributed by atoms with Crippen LogP contribution in [0.4, 0.5) is 5.82 Å². The number of nitrogens with one attached hydrogen (secondary N) is 2. The number of hydrogen-bond acceptors (Lipinski definition) is 4. The van der Waals surface area contributed by atoms with Crippen LogP contribution in [0.5, 0.6) is 0 Å². The molecule has 1 aromatic heterocycles. The molecule has 2 N–H and O–H groups in total. The molecule has 1 aliphatic rings. The van der Waals surface area contributed by atoms with Crippen LogP contribution in [0.1, 0.15) is 50.0 Å². The van der Waals surface area contributed by atoms with E-state index in [1.807, 2.05) is 0 Å². The van der Waals surface area contributed by atoms with Gasteiger partial charge in [0.05, 0.1) is 12.4 Å². The number of nitrogens with zero attached hydrogens (tertiary/aromatic N) is 2. The Labute approximate surface area is 114 Å².